The molecule has 160 valence electrons. The van der Waals surface area contributed by atoms with Gasteiger partial charge in [-0.2, -0.15) is 0 Å². The van der Waals surface area contributed by atoms with E-state index in [0.29, 0.717) is 27.1 Å². The Balaban J connectivity index is 1.82. The van der Waals surface area contributed by atoms with Crippen molar-refractivity contribution in [2.24, 2.45) is 0 Å². The SMILES string of the molecule is Cc1ccc(-c2oc3cc(C)c(C)cc3c(=O)c2OC(=O)/C=C/c2ccccc2Cl)cc1. The van der Waals surface area contributed by atoms with Gasteiger partial charge in [0, 0.05) is 16.7 Å². The first-order valence-electron chi connectivity index (χ1n) is 10.1. The lowest BCUT2D eigenvalue weighted by Gasteiger charge is -2.11. The predicted octanol–water partition coefficient (Wildman–Crippen LogP) is 6.66. The van der Waals surface area contributed by atoms with Crippen LogP contribution >= 0.6 is 11.6 Å². The van der Waals surface area contributed by atoms with Crippen molar-refractivity contribution in [3.63, 3.8) is 0 Å². The van der Waals surface area contributed by atoms with Gasteiger partial charge < -0.3 is 9.15 Å². The number of aryl methyl sites for hydroxylation is 3. The van der Waals surface area contributed by atoms with Gasteiger partial charge in [0.05, 0.1) is 5.39 Å². The Labute approximate surface area is 190 Å². The molecule has 0 fully saturated rings. The van der Waals surface area contributed by atoms with Crippen molar-refractivity contribution in [1.82, 2.24) is 0 Å². The van der Waals surface area contributed by atoms with Gasteiger partial charge in [0.2, 0.25) is 11.2 Å². The first kappa shape index (κ1) is 21.6. The second kappa shape index (κ2) is 8.85. The molecule has 0 unspecified atom stereocenters. The molecule has 1 aromatic heterocycles. The quantitative estimate of drug-likeness (QED) is 0.261. The van der Waals surface area contributed by atoms with Gasteiger partial charge in [-0.05, 0) is 61.7 Å². The largest absolute Gasteiger partial charge is 0.452 e. The summed E-state index contributed by atoms with van der Waals surface area (Å²) in [5.74, 6) is -0.627. The number of halogens is 1. The molecule has 0 aliphatic carbocycles. The van der Waals surface area contributed by atoms with Gasteiger partial charge in [0.25, 0.3) is 0 Å². The zero-order valence-electron chi connectivity index (χ0n) is 17.9. The van der Waals surface area contributed by atoms with Crippen LogP contribution in [0, 0.1) is 20.8 Å². The standard InChI is InChI=1S/C27H21ClO4/c1-16-8-10-20(11-9-16)26-27(25(30)21-14-17(2)18(3)15-23(21)31-26)32-24(29)13-12-19-6-4-5-7-22(19)28/h4-15H,1-3H3/b13-12+. The van der Waals surface area contributed by atoms with Crippen LogP contribution in [0.25, 0.3) is 28.4 Å². The number of rotatable bonds is 4. The summed E-state index contributed by atoms with van der Waals surface area (Å²) in [5, 5.41) is 0.870. The number of carbonyl (C=O) groups excluding carboxylic acids is 1. The van der Waals surface area contributed by atoms with Crippen molar-refractivity contribution in [1.29, 1.82) is 0 Å². The van der Waals surface area contributed by atoms with E-state index in [1.54, 1.807) is 30.3 Å². The van der Waals surface area contributed by atoms with E-state index in [0.717, 1.165) is 16.7 Å². The Morgan fingerprint density at radius 3 is 2.38 bits per heavy atom. The molecule has 0 spiro atoms. The third kappa shape index (κ3) is 4.36. The smallest absolute Gasteiger partial charge is 0.336 e. The Kier molecular flexibility index (Phi) is 5.97. The lowest BCUT2D eigenvalue weighted by atomic mass is 10.0. The van der Waals surface area contributed by atoms with E-state index in [1.165, 1.54) is 6.08 Å². The summed E-state index contributed by atoms with van der Waals surface area (Å²) in [6.45, 7) is 5.83. The van der Waals surface area contributed by atoms with Crippen LogP contribution in [0.4, 0.5) is 0 Å². The van der Waals surface area contributed by atoms with Gasteiger partial charge in [-0.15, -0.1) is 0 Å². The average molecular weight is 445 g/mol. The van der Waals surface area contributed by atoms with Crippen molar-refractivity contribution >= 4 is 34.6 Å². The number of hydrogen-bond donors (Lipinski definition) is 0. The number of benzene rings is 3. The monoisotopic (exact) mass is 444 g/mol. The molecule has 0 N–H and O–H groups in total. The van der Waals surface area contributed by atoms with Gasteiger partial charge in [-0.1, -0.05) is 59.6 Å². The molecule has 0 bridgehead atoms. The van der Waals surface area contributed by atoms with Crippen LogP contribution in [0.2, 0.25) is 5.02 Å². The third-order valence-electron chi connectivity index (χ3n) is 5.29. The van der Waals surface area contributed by atoms with Crippen molar-refractivity contribution in [2.45, 2.75) is 20.8 Å². The van der Waals surface area contributed by atoms with E-state index in [4.69, 9.17) is 20.8 Å². The van der Waals surface area contributed by atoms with Crippen molar-refractivity contribution in [2.75, 3.05) is 0 Å². The molecule has 32 heavy (non-hydrogen) atoms. The summed E-state index contributed by atoms with van der Waals surface area (Å²) < 4.78 is 11.6. The van der Waals surface area contributed by atoms with Gasteiger partial charge in [-0.3, -0.25) is 4.79 Å². The Morgan fingerprint density at radius 1 is 0.969 bits per heavy atom. The highest BCUT2D eigenvalue weighted by molar-refractivity contribution is 6.32. The highest BCUT2D eigenvalue weighted by Crippen LogP contribution is 2.32. The highest BCUT2D eigenvalue weighted by Gasteiger charge is 2.20. The van der Waals surface area contributed by atoms with Gasteiger partial charge in [0.1, 0.15) is 5.58 Å². The molecule has 5 heteroatoms. The molecule has 4 nitrogen and oxygen atoms in total. The molecule has 0 radical (unpaired) electrons. The fourth-order valence-electron chi connectivity index (χ4n) is 3.32. The van der Waals surface area contributed by atoms with Crippen LogP contribution in [-0.4, -0.2) is 5.97 Å². The van der Waals surface area contributed by atoms with Gasteiger partial charge in [0.15, 0.2) is 5.76 Å². The summed E-state index contributed by atoms with van der Waals surface area (Å²) in [5.41, 5.74) is 4.37. The number of fused-ring (bicyclic) bond motifs is 1. The second-order valence-corrected chi connectivity index (χ2v) is 8.07. The maximum absolute atomic E-state index is 13.3. The summed E-state index contributed by atoms with van der Waals surface area (Å²) in [4.78, 5) is 25.9. The van der Waals surface area contributed by atoms with Crippen molar-refractivity contribution in [3.8, 4) is 17.1 Å². The van der Waals surface area contributed by atoms with Crippen LogP contribution in [0.1, 0.15) is 22.3 Å². The zero-order valence-corrected chi connectivity index (χ0v) is 18.7. The predicted molar refractivity (Wildman–Crippen MR) is 128 cm³/mol. The third-order valence-corrected chi connectivity index (χ3v) is 5.63. The number of esters is 1. The maximum Gasteiger partial charge on any atom is 0.336 e. The minimum absolute atomic E-state index is 0.140. The zero-order chi connectivity index (χ0) is 22.8. The molecular formula is C27H21ClO4. The van der Waals surface area contributed by atoms with Gasteiger partial charge >= 0.3 is 5.97 Å². The summed E-state index contributed by atoms with van der Waals surface area (Å²) >= 11 is 6.14. The summed E-state index contributed by atoms with van der Waals surface area (Å²) in [6, 6.07) is 18.2. The first-order chi connectivity index (χ1) is 15.3. The molecule has 0 amide bonds. The normalized spacial score (nSPS) is 11.2. The van der Waals surface area contributed by atoms with E-state index < -0.39 is 11.4 Å². The Hall–Kier alpha value is -3.63. The molecule has 4 aromatic rings. The maximum atomic E-state index is 13.3. The number of ether oxygens (including phenoxy) is 1. The molecule has 0 aliphatic rings. The average Bonchev–Trinajstić information content (AvgIpc) is 2.77. The lowest BCUT2D eigenvalue weighted by molar-refractivity contribution is -0.129. The summed E-state index contributed by atoms with van der Waals surface area (Å²) in [6.07, 6.45) is 2.79. The van der Waals surface area contributed by atoms with Crippen molar-refractivity contribution in [3.05, 3.63) is 104 Å². The van der Waals surface area contributed by atoms with Crippen LogP contribution < -0.4 is 10.2 Å². The lowest BCUT2D eigenvalue weighted by Crippen LogP contribution is -2.14. The second-order valence-electron chi connectivity index (χ2n) is 7.66. The fourth-order valence-corrected chi connectivity index (χ4v) is 3.52. The molecule has 0 atom stereocenters. The van der Waals surface area contributed by atoms with Crippen LogP contribution in [0.5, 0.6) is 5.75 Å². The van der Waals surface area contributed by atoms with Crippen molar-refractivity contribution < 1.29 is 13.9 Å². The van der Waals surface area contributed by atoms with E-state index in [1.807, 2.05) is 57.2 Å². The van der Waals surface area contributed by atoms with Crippen LogP contribution in [0.3, 0.4) is 0 Å². The molecule has 0 saturated heterocycles. The summed E-state index contributed by atoms with van der Waals surface area (Å²) in [7, 11) is 0. The van der Waals surface area contributed by atoms with E-state index in [2.05, 4.69) is 0 Å². The number of carbonyl (C=O) groups is 1. The Bertz CT molecular complexity index is 1410. The molecule has 0 saturated carbocycles. The molecule has 1 heterocycles. The molecular weight excluding hydrogens is 424 g/mol. The fraction of sp³-hybridized carbons (Fsp3) is 0.111. The molecule has 0 aliphatic heterocycles. The minimum Gasteiger partial charge on any atom is -0.452 e. The van der Waals surface area contributed by atoms with E-state index >= 15 is 0 Å². The highest BCUT2D eigenvalue weighted by atomic mass is 35.5. The Morgan fingerprint density at radius 2 is 1.66 bits per heavy atom. The first-order valence-corrected chi connectivity index (χ1v) is 10.5. The van der Waals surface area contributed by atoms with E-state index in [9.17, 15) is 9.59 Å². The van der Waals surface area contributed by atoms with Gasteiger partial charge in [-0.25, -0.2) is 4.79 Å². The number of hydrogen-bond acceptors (Lipinski definition) is 4. The minimum atomic E-state index is -0.700. The molecule has 3 aromatic carbocycles. The van der Waals surface area contributed by atoms with E-state index in [-0.39, 0.29) is 11.5 Å². The molecule has 4 rings (SSSR count). The van der Waals surface area contributed by atoms with Crippen LogP contribution in [-0.2, 0) is 4.79 Å². The topological polar surface area (TPSA) is 56.5 Å². The van der Waals surface area contributed by atoms with Crippen LogP contribution in [0.15, 0.2) is 76.0 Å².